The second kappa shape index (κ2) is 9.43. The maximum atomic E-state index is 6.12. The smallest absolute Gasteiger partial charge is 0.161 e. The van der Waals surface area contributed by atoms with Crippen molar-refractivity contribution in [3.05, 3.63) is 95.3 Å². The third kappa shape index (κ3) is 4.32. The van der Waals surface area contributed by atoms with E-state index in [9.17, 15) is 0 Å². The molecule has 1 N–H and O–H groups in total. The van der Waals surface area contributed by atoms with Crippen molar-refractivity contribution in [1.82, 2.24) is 5.32 Å². The predicted molar refractivity (Wildman–Crippen MR) is 130 cm³/mol. The van der Waals surface area contributed by atoms with Crippen LogP contribution in [0.2, 0.25) is 0 Å². The molecule has 1 unspecified atom stereocenters. The van der Waals surface area contributed by atoms with Crippen molar-refractivity contribution < 1.29 is 18.6 Å². The lowest BCUT2D eigenvalue weighted by Gasteiger charge is -2.26. The lowest BCUT2D eigenvalue weighted by atomic mass is 9.93. The normalized spacial score (nSPS) is 15.5. The molecular formula is C28H27NO4. The first-order valence-corrected chi connectivity index (χ1v) is 11.1. The minimum absolute atomic E-state index is 0.0675. The molecule has 1 atom stereocenters. The molecule has 0 aliphatic carbocycles. The topological polar surface area (TPSA) is 52.9 Å². The number of benzene rings is 3. The van der Waals surface area contributed by atoms with Crippen LogP contribution in [0.4, 0.5) is 0 Å². The number of fused-ring (bicyclic) bond motifs is 2. The molecule has 0 amide bonds. The Bertz CT molecular complexity index is 1280. The van der Waals surface area contributed by atoms with Crippen LogP contribution < -0.4 is 19.5 Å². The number of hydrogen-bond acceptors (Lipinski definition) is 5. The fraction of sp³-hybridized carbons (Fsp3) is 0.214. The molecule has 1 aliphatic rings. The monoisotopic (exact) mass is 441 g/mol. The molecule has 4 aromatic rings. The number of ether oxygens (including phenoxy) is 3. The third-order valence-electron chi connectivity index (χ3n) is 6.05. The zero-order valence-corrected chi connectivity index (χ0v) is 18.8. The minimum Gasteiger partial charge on any atom is -0.496 e. The van der Waals surface area contributed by atoms with Gasteiger partial charge in [0.05, 0.1) is 31.9 Å². The molecule has 0 fully saturated rings. The average molecular weight is 442 g/mol. The lowest BCUT2D eigenvalue weighted by molar-refractivity contribution is 0.283. The number of furan rings is 1. The van der Waals surface area contributed by atoms with E-state index in [4.69, 9.17) is 18.6 Å². The summed E-state index contributed by atoms with van der Waals surface area (Å²) >= 11 is 0. The van der Waals surface area contributed by atoms with Crippen molar-refractivity contribution >= 4 is 17.0 Å². The van der Waals surface area contributed by atoms with Crippen LogP contribution in [0.1, 0.15) is 28.3 Å². The molecule has 0 radical (unpaired) electrons. The lowest BCUT2D eigenvalue weighted by Crippen LogP contribution is -2.28. The standard InChI is InChI=1S/C28H27NO4/c1-30-25-11-9-20(28-22(25)13-15-32-28)8-10-24-23-17-26(31-2)27(16-21(23)12-14-29-24)33-18-19-6-4-3-5-7-19/h3-11,13,15-17,24,29H,12,14,18H2,1-2H3/b10-8+. The molecule has 5 heteroatoms. The van der Waals surface area contributed by atoms with E-state index in [0.717, 1.165) is 52.3 Å². The summed E-state index contributed by atoms with van der Waals surface area (Å²) in [5.74, 6) is 2.33. The number of rotatable bonds is 7. The summed E-state index contributed by atoms with van der Waals surface area (Å²) in [4.78, 5) is 0. The highest BCUT2D eigenvalue weighted by Gasteiger charge is 2.21. The van der Waals surface area contributed by atoms with Crippen molar-refractivity contribution in [2.24, 2.45) is 0 Å². The molecule has 1 aliphatic heterocycles. The first-order chi connectivity index (χ1) is 16.3. The van der Waals surface area contributed by atoms with Gasteiger partial charge in [0.1, 0.15) is 17.9 Å². The first kappa shape index (κ1) is 21.2. The van der Waals surface area contributed by atoms with Crippen LogP contribution in [0, 0.1) is 0 Å². The Balaban J connectivity index is 1.41. The van der Waals surface area contributed by atoms with Gasteiger partial charge >= 0.3 is 0 Å². The number of nitrogens with one attached hydrogen (secondary N) is 1. The Hall–Kier alpha value is -3.70. The first-order valence-electron chi connectivity index (χ1n) is 11.1. The SMILES string of the molecule is COc1cc2c(cc1OCc1ccccc1)CCNC2/C=C/c1ccc(OC)c2ccoc12. The van der Waals surface area contributed by atoms with Gasteiger partial charge in [0.25, 0.3) is 0 Å². The van der Waals surface area contributed by atoms with Crippen molar-refractivity contribution in [2.45, 2.75) is 19.1 Å². The molecule has 0 saturated heterocycles. The maximum Gasteiger partial charge on any atom is 0.161 e. The molecular weight excluding hydrogens is 414 g/mol. The van der Waals surface area contributed by atoms with Gasteiger partial charge in [-0.15, -0.1) is 0 Å². The van der Waals surface area contributed by atoms with Gasteiger partial charge in [-0.2, -0.15) is 0 Å². The van der Waals surface area contributed by atoms with Crippen LogP contribution in [-0.2, 0) is 13.0 Å². The Morgan fingerprint density at radius 3 is 2.64 bits per heavy atom. The van der Waals surface area contributed by atoms with E-state index in [1.807, 2.05) is 36.4 Å². The molecule has 0 saturated carbocycles. The molecule has 2 heterocycles. The maximum absolute atomic E-state index is 6.12. The van der Waals surface area contributed by atoms with E-state index in [1.165, 1.54) is 11.1 Å². The molecule has 33 heavy (non-hydrogen) atoms. The van der Waals surface area contributed by atoms with E-state index in [2.05, 4.69) is 41.7 Å². The van der Waals surface area contributed by atoms with Crippen molar-refractivity contribution in [1.29, 1.82) is 0 Å². The van der Waals surface area contributed by atoms with Gasteiger partial charge in [-0.1, -0.05) is 42.5 Å². The largest absolute Gasteiger partial charge is 0.496 e. The number of methoxy groups -OCH3 is 2. The Labute approximate surface area is 193 Å². The molecule has 5 rings (SSSR count). The van der Waals surface area contributed by atoms with Crippen molar-refractivity contribution in [2.75, 3.05) is 20.8 Å². The van der Waals surface area contributed by atoms with E-state index >= 15 is 0 Å². The van der Waals surface area contributed by atoms with Gasteiger partial charge in [-0.3, -0.25) is 0 Å². The van der Waals surface area contributed by atoms with Crippen molar-refractivity contribution in [3.8, 4) is 17.2 Å². The van der Waals surface area contributed by atoms with Gasteiger partial charge in [-0.25, -0.2) is 0 Å². The Morgan fingerprint density at radius 2 is 1.82 bits per heavy atom. The van der Waals surface area contributed by atoms with Crippen LogP contribution in [0.25, 0.3) is 17.0 Å². The Kier molecular flexibility index (Phi) is 6.05. The van der Waals surface area contributed by atoms with Gasteiger partial charge in [0.15, 0.2) is 11.5 Å². The Morgan fingerprint density at radius 1 is 0.970 bits per heavy atom. The van der Waals surface area contributed by atoms with Crippen LogP contribution in [0.15, 0.2) is 77.4 Å². The summed E-state index contributed by atoms with van der Waals surface area (Å²) in [6.45, 7) is 1.40. The van der Waals surface area contributed by atoms with E-state index in [0.29, 0.717) is 6.61 Å². The van der Waals surface area contributed by atoms with Gasteiger partial charge in [0.2, 0.25) is 0 Å². The second-order valence-electron chi connectivity index (χ2n) is 8.04. The van der Waals surface area contributed by atoms with Gasteiger partial charge in [-0.05, 0) is 53.4 Å². The molecule has 168 valence electrons. The highest BCUT2D eigenvalue weighted by Crippen LogP contribution is 2.37. The van der Waals surface area contributed by atoms with Gasteiger partial charge in [0, 0.05) is 12.1 Å². The van der Waals surface area contributed by atoms with Crippen LogP contribution in [0.5, 0.6) is 17.2 Å². The average Bonchev–Trinajstić information content (AvgIpc) is 3.36. The number of hydrogen-bond donors (Lipinski definition) is 1. The summed E-state index contributed by atoms with van der Waals surface area (Å²) in [6, 6.07) is 20.4. The van der Waals surface area contributed by atoms with Crippen LogP contribution in [0.3, 0.4) is 0 Å². The van der Waals surface area contributed by atoms with Crippen LogP contribution >= 0.6 is 0 Å². The highest BCUT2D eigenvalue weighted by molar-refractivity contribution is 5.90. The van der Waals surface area contributed by atoms with E-state index < -0.39 is 0 Å². The van der Waals surface area contributed by atoms with E-state index in [1.54, 1.807) is 20.5 Å². The highest BCUT2D eigenvalue weighted by atomic mass is 16.5. The van der Waals surface area contributed by atoms with Gasteiger partial charge < -0.3 is 23.9 Å². The zero-order valence-electron chi connectivity index (χ0n) is 18.8. The molecule has 0 spiro atoms. The van der Waals surface area contributed by atoms with Crippen molar-refractivity contribution in [3.63, 3.8) is 0 Å². The summed E-state index contributed by atoms with van der Waals surface area (Å²) in [5, 5.41) is 4.57. The van der Waals surface area contributed by atoms with Crippen LogP contribution in [-0.4, -0.2) is 20.8 Å². The summed E-state index contributed by atoms with van der Waals surface area (Å²) in [6.07, 6.45) is 6.91. The third-order valence-corrected chi connectivity index (χ3v) is 6.05. The fourth-order valence-electron chi connectivity index (χ4n) is 4.34. The predicted octanol–water partition coefficient (Wildman–Crippen LogP) is 5.93. The molecule has 0 bridgehead atoms. The molecule has 1 aromatic heterocycles. The minimum atomic E-state index is 0.0675. The second-order valence-corrected chi connectivity index (χ2v) is 8.04. The molecule has 5 nitrogen and oxygen atoms in total. The molecule has 3 aromatic carbocycles. The summed E-state index contributed by atoms with van der Waals surface area (Å²) in [5.41, 5.74) is 5.43. The zero-order chi connectivity index (χ0) is 22.6. The quantitative estimate of drug-likeness (QED) is 0.385. The summed E-state index contributed by atoms with van der Waals surface area (Å²) < 4.78 is 23.0. The fourth-order valence-corrected chi connectivity index (χ4v) is 4.34. The summed E-state index contributed by atoms with van der Waals surface area (Å²) in [7, 11) is 3.36. The van der Waals surface area contributed by atoms with E-state index in [-0.39, 0.29) is 6.04 Å².